The second-order valence-corrected chi connectivity index (χ2v) is 4.84. The average molecular weight is 253 g/mol. The molecule has 0 aliphatic rings. The number of nitrogens with two attached hydrogens (primary N) is 2. The summed E-state index contributed by atoms with van der Waals surface area (Å²) >= 11 is 0. The first kappa shape index (κ1) is 14.4. The predicted molar refractivity (Wildman–Crippen MR) is 70.1 cm³/mol. The van der Waals surface area contributed by atoms with Crippen LogP contribution in [0.2, 0.25) is 0 Å². The summed E-state index contributed by atoms with van der Waals surface area (Å²) in [5, 5.41) is 0. The van der Waals surface area contributed by atoms with Crippen molar-refractivity contribution in [2.75, 3.05) is 18.8 Å². The van der Waals surface area contributed by atoms with Crippen LogP contribution in [0.25, 0.3) is 0 Å². The molecular weight excluding hydrogens is 233 g/mol. The molecule has 5 heteroatoms. The Morgan fingerprint density at radius 1 is 1.44 bits per heavy atom. The van der Waals surface area contributed by atoms with E-state index in [1.807, 2.05) is 18.7 Å². The highest BCUT2D eigenvalue weighted by Gasteiger charge is 2.15. The summed E-state index contributed by atoms with van der Waals surface area (Å²) in [6.07, 6.45) is 0. The number of anilines is 1. The number of carbonyl (C=O) groups excluding carboxylic acids is 1. The van der Waals surface area contributed by atoms with Crippen LogP contribution in [-0.2, 0) is 11.3 Å². The van der Waals surface area contributed by atoms with Gasteiger partial charge < -0.3 is 11.5 Å². The van der Waals surface area contributed by atoms with Crippen LogP contribution in [0.5, 0.6) is 0 Å². The van der Waals surface area contributed by atoms with Crippen molar-refractivity contribution in [1.29, 1.82) is 0 Å². The molecule has 0 saturated heterocycles. The average Bonchev–Trinajstić information content (AvgIpc) is 2.21. The third kappa shape index (κ3) is 4.33. The van der Waals surface area contributed by atoms with Crippen molar-refractivity contribution in [1.82, 2.24) is 4.90 Å². The van der Waals surface area contributed by atoms with Crippen LogP contribution >= 0.6 is 0 Å². The first-order valence-corrected chi connectivity index (χ1v) is 5.93. The first-order chi connectivity index (χ1) is 8.40. The molecular formula is C13H20FN3O. The zero-order chi connectivity index (χ0) is 13.7. The minimum Gasteiger partial charge on any atom is -0.398 e. The van der Waals surface area contributed by atoms with Gasteiger partial charge >= 0.3 is 0 Å². The number of carbonyl (C=O) groups is 1. The fourth-order valence-electron chi connectivity index (χ4n) is 1.89. The van der Waals surface area contributed by atoms with Crippen molar-refractivity contribution < 1.29 is 9.18 Å². The molecule has 0 spiro atoms. The fourth-order valence-corrected chi connectivity index (χ4v) is 1.89. The molecule has 0 fully saturated rings. The number of hydrogen-bond donors (Lipinski definition) is 2. The smallest absolute Gasteiger partial charge is 0.231 e. The second kappa shape index (κ2) is 6.35. The van der Waals surface area contributed by atoms with Crippen molar-refractivity contribution in [3.8, 4) is 0 Å². The Labute approximate surface area is 107 Å². The van der Waals surface area contributed by atoms with Crippen LogP contribution in [0.1, 0.15) is 19.4 Å². The van der Waals surface area contributed by atoms with E-state index in [1.165, 1.54) is 6.07 Å². The monoisotopic (exact) mass is 253 g/mol. The largest absolute Gasteiger partial charge is 0.398 e. The van der Waals surface area contributed by atoms with Crippen molar-refractivity contribution >= 4 is 11.6 Å². The highest BCUT2D eigenvalue weighted by atomic mass is 19.1. The number of nitrogen functional groups attached to an aromatic ring is 1. The minimum absolute atomic E-state index is 0.103. The van der Waals surface area contributed by atoms with Gasteiger partial charge in [-0.25, -0.2) is 4.39 Å². The molecule has 1 aromatic carbocycles. The molecule has 0 unspecified atom stereocenters. The molecule has 0 saturated carbocycles. The summed E-state index contributed by atoms with van der Waals surface area (Å²) in [6, 6.07) is 4.58. The maximum Gasteiger partial charge on any atom is 0.231 e. The molecule has 4 N–H and O–H groups in total. The van der Waals surface area contributed by atoms with Crippen LogP contribution < -0.4 is 11.5 Å². The molecule has 4 nitrogen and oxygen atoms in total. The van der Waals surface area contributed by atoms with Gasteiger partial charge in [-0.05, 0) is 18.1 Å². The summed E-state index contributed by atoms with van der Waals surface area (Å²) in [4.78, 5) is 12.8. The van der Waals surface area contributed by atoms with Gasteiger partial charge in [0, 0.05) is 24.3 Å². The van der Waals surface area contributed by atoms with Gasteiger partial charge in [0.1, 0.15) is 5.82 Å². The van der Waals surface area contributed by atoms with Gasteiger partial charge in [-0.3, -0.25) is 9.69 Å². The summed E-state index contributed by atoms with van der Waals surface area (Å²) < 4.78 is 13.7. The Hall–Kier alpha value is -1.62. The van der Waals surface area contributed by atoms with Gasteiger partial charge in [0.05, 0.1) is 6.54 Å². The highest BCUT2D eigenvalue weighted by molar-refractivity contribution is 5.75. The summed E-state index contributed by atoms with van der Waals surface area (Å²) in [5.41, 5.74) is 11.8. The van der Waals surface area contributed by atoms with Gasteiger partial charge in [0.2, 0.25) is 5.91 Å². The number of benzene rings is 1. The molecule has 1 rings (SSSR count). The molecule has 0 atom stereocenters. The number of nitrogens with zero attached hydrogens (tertiary/aromatic N) is 1. The van der Waals surface area contributed by atoms with E-state index >= 15 is 0 Å². The van der Waals surface area contributed by atoms with E-state index in [0.717, 1.165) is 0 Å². The van der Waals surface area contributed by atoms with E-state index in [-0.39, 0.29) is 12.4 Å². The van der Waals surface area contributed by atoms with Crippen LogP contribution in [0.15, 0.2) is 18.2 Å². The summed E-state index contributed by atoms with van der Waals surface area (Å²) in [7, 11) is 0. The van der Waals surface area contributed by atoms with E-state index in [2.05, 4.69) is 0 Å². The zero-order valence-corrected chi connectivity index (χ0v) is 10.8. The molecule has 100 valence electrons. The van der Waals surface area contributed by atoms with Gasteiger partial charge in [-0.15, -0.1) is 0 Å². The number of amides is 1. The molecule has 0 bridgehead atoms. The molecule has 0 aliphatic heterocycles. The lowest BCUT2D eigenvalue weighted by Crippen LogP contribution is -2.36. The second-order valence-electron chi connectivity index (χ2n) is 4.84. The molecule has 0 aliphatic carbocycles. The third-order valence-corrected chi connectivity index (χ3v) is 2.54. The Morgan fingerprint density at radius 2 is 2.11 bits per heavy atom. The van der Waals surface area contributed by atoms with Gasteiger partial charge in [0.15, 0.2) is 0 Å². The van der Waals surface area contributed by atoms with Crippen LogP contribution in [0.4, 0.5) is 10.1 Å². The van der Waals surface area contributed by atoms with E-state index < -0.39 is 5.91 Å². The van der Waals surface area contributed by atoms with Crippen molar-refractivity contribution in [3.05, 3.63) is 29.6 Å². The first-order valence-electron chi connectivity index (χ1n) is 5.93. The van der Waals surface area contributed by atoms with Gasteiger partial charge in [-0.2, -0.15) is 0 Å². The van der Waals surface area contributed by atoms with Crippen molar-refractivity contribution in [2.24, 2.45) is 11.7 Å². The van der Waals surface area contributed by atoms with Gasteiger partial charge in [0.25, 0.3) is 0 Å². The van der Waals surface area contributed by atoms with E-state index in [9.17, 15) is 9.18 Å². The number of hydrogen-bond acceptors (Lipinski definition) is 3. The lowest BCUT2D eigenvalue weighted by molar-refractivity contribution is -0.119. The minimum atomic E-state index is -0.425. The van der Waals surface area contributed by atoms with Crippen molar-refractivity contribution in [2.45, 2.75) is 20.4 Å². The predicted octanol–water partition coefficient (Wildman–Crippen LogP) is 1.35. The zero-order valence-electron chi connectivity index (χ0n) is 10.8. The maximum atomic E-state index is 13.7. The summed E-state index contributed by atoms with van der Waals surface area (Å²) in [5.74, 6) is -0.420. The molecule has 18 heavy (non-hydrogen) atoms. The fraction of sp³-hybridized carbons (Fsp3) is 0.462. The van der Waals surface area contributed by atoms with Gasteiger partial charge in [-0.1, -0.05) is 19.9 Å². The molecule has 0 heterocycles. The van der Waals surface area contributed by atoms with Crippen molar-refractivity contribution in [3.63, 3.8) is 0 Å². The molecule has 1 amide bonds. The molecule has 0 aromatic heterocycles. The normalized spacial score (nSPS) is 11.2. The Balaban J connectivity index is 2.84. The van der Waals surface area contributed by atoms with Crippen LogP contribution in [0, 0.1) is 11.7 Å². The molecule has 1 aromatic rings. The van der Waals surface area contributed by atoms with E-state index in [4.69, 9.17) is 11.5 Å². The molecule has 0 radical (unpaired) electrons. The maximum absolute atomic E-state index is 13.7. The topological polar surface area (TPSA) is 72.3 Å². The SMILES string of the molecule is CC(C)CN(CC(N)=O)Cc1c(N)cccc1F. The third-order valence-electron chi connectivity index (χ3n) is 2.54. The number of rotatable bonds is 6. The van der Waals surface area contributed by atoms with E-state index in [0.29, 0.717) is 30.3 Å². The lowest BCUT2D eigenvalue weighted by atomic mass is 10.1. The van der Waals surface area contributed by atoms with E-state index in [1.54, 1.807) is 12.1 Å². The van der Waals surface area contributed by atoms with Crippen LogP contribution in [-0.4, -0.2) is 23.9 Å². The van der Waals surface area contributed by atoms with Crippen LogP contribution in [0.3, 0.4) is 0 Å². The Morgan fingerprint density at radius 3 is 2.61 bits per heavy atom. The Bertz CT molecular complexity index is 400. The summed E-state index contributed by atoms with van der Waals surface area (Å²) in [6.45, 7) is 5.11. The standard InChI is InChI=1S/C13H20FN3O/c1-9(2)6-17(8-13(16)18)7-10-11(14)4-3-5-12(10)15/h3-5,9H,6-8,15H2,1-2H3,(H2,16,18). The quantitative estimate of drug-likeness (QED) is 0.752. The number of halogens is 1. The highest BCUT2D eigenvalue weighted by Crippen LogP contribution is 2.18. The number of primary amides is 1. The Kier molecular flexibility index (Phi) is 5.09. The lowest BCUT2D eigenvalue weighted by Gasteiger charge is -2.23.